The minimum absolute atomic E-state index is 0.0619. The summed E-state index contributed by atoms with van der Waals surface area (Å²) in [6, 6.07) is 11.7. The van der Waals surface area contributed by atoms with Gasteiger partial charge >= 0.3 is 0 Å². The number of rotatable bonds is 5. The molecule has 1 aliphatic rings. The van der Waals surface area contributed by atoms with E-state index in [2.05, 4.69) is 10.3 Å². The van der Waals surface area contributed by atoms with E-state index in [1.54, 1.807) is 19.2 Å². The minimum atomic E-state index is -0.405. The number of H-pyrrole nitrogens is 1. The number of amides is 1. The summed E-state index contributed by atoms with van der Waals surface area (Å²) in [6.45, 7) is 0.534. The van der Waals surface area contributed by atoms with Crippen molar-refractivity contribution in [1.29, 1.82) is 0 Å². The zero-order valence-electron chi connectivity index (χ0n) is 13.9. The number of aromatic amines is 1. The number of hydrogen-bond donors (Lipinski definition) is 2. The number of carbonyl (C=O) groups is 1. The molecule has 1 aliphatic carbocycles. The van der Waals surface area contributed by atoms with Gasteiger partial charge in [0.1, 0.15) is 11.6 Å². The van der Waals surface area contributed by atoms with Crippen LogP contribution in [0.15, 0.2) is 48.7 Å². The Kier molecular flexibility index (Phi) is 3.71. The van der Waals surface area contributed by atoms with Gasteiger partial charge in [-0.15, -0.1) is 0 Å². The molecular formula is C20H19FN2O2. The molecule has 0 atom stereocenters. The third-order valence-corrected chi connectivity index (χ3v) is 4.99. The molecule has 2 N–H and O–H groups in total. The first-order valence-corrected chi connectivity index (χ1v) is 8.31. The fourth-order valence-corrected chi connectivity index (χ4v) is 3.34. The van der Waals surface area contributed by atoms with Gasteiger partial charge in [-0.25, -0.2) is 4.39 Å². The van der Waals surface area contributed by atoms with Crippen LogP contribution in [0.1, 0.15) is 28.8 Å². The lowest BCUT2D eigenvalue weighted by Crippen LogP contribution is -2.32. The Balaban J connectivity index is 1.56. The number of carbonyl (C=O) groups excluding carboxylic acids is 1. The molecule has 5 heteroatoms. The molecule has 4 nitrogen and oxygen atoms in total. The average molecular weight is 338 g/mol. The van der Waals surface area contributed by atoms with Crippen molar-refractivity contribution in [2.75, 3.05) is 13.7 Å². The summed E-state index contributed by atoms with van der Waals surface area (Å²) in [5.41, 5.74) is 2.53. The average Bonchev–Trinajstić information content (AvgIpc) is 3.30. The zero-order valence-corrected chi connectivity index (χ0v) is 13.9. The lowest BCUT2D eigenvalue weighted by molar-refractivity contribution is 0.0949. The van der Waals surface area contributed by atoms with E-state index in [0.717, 1.165) is 29.5 Å². The number of ether oxygens (including phenoxy) is 1. The monoisotopic (exact) mass is 338 g/mol. The third kappa shape index (κ3) is 2.86. The van der Waals surface area contributed by atoms with Crippen LogP contribution in [0.2, 0.25) is 0 Å². The highest BCUT2D eigenvalue weighted by Crippen LogP contribution is 2.50. The van der Waals surface area contributed by atoms with Crippen LogP contribution in [0.4, 0.5) is 4.39 Å². The highest BCUT2D eigenvalue weighted by Gasteiger charge is 2.45. The normalized spacial score (nSPS) is 15.1. The Labute approximate surface area is 145 Å². The minimum Gasteiger partial charge on any atom is -0.497 e. The lowest BCUT2D eigenvalue weighted by atomic mass is 9.95. The number of fused-ring (bicyclic) bond motifs is 1. The van der Waals surface area contributed by atoms with Crippen molar-refractivity contribution in [2.45, 2.75) is 18.3 Å². The summed E-state index contributed by atoms with van der Waals surface area (Å²) in [4.78, 5) is 15.6. The van der Waals surface area contributed by atoms with Crippen LogP contribution in [0.3, 0.4) is 0 Å². The Morgan fingerprint density at radius 3 is 2.84 bits per heavy atom. The van der Waals surface area contributed by atoms with Gasteiger partial charge in [-0.05, 0) is 54.8 Å². The Hall–Kier alpha value is -2.82. The molecule has 0 spiro atoms. The molecule has 0 bridgehead atoms. The van der Waals surface area contributed by atoms with Gasteiger partial charge in [0.25, 0.3) is 5.91 Å². The Morgan fingerprint density at radius 2 is 2.12 bits per heavy atom. The molecule has 128 valence electrons. The number of halogens is 1. The van der Waals surface area contributed by atoms with E-state index in [1.807, 2.05) is 24.4 Å². The molecule has 1 fully saturated rings. The summed E-state index contributed by atoms with van der Waals surface area (Å²) in [6.07, 6.45) is 4.05. The number of hydrogen-bond acceptors (Lipinski definition) is 2. The van der Waals surface area contributed by atoms with Crippen LogP contribution >= 0.6 is 0 Å². The topological polar surface area (TPSA) is 54.1 Å². The van der Waals surface area contributed by atoms with Crippen molar-refractivity contribution in [3.63, 3.8) is 0 Å². The van der Waals surface area contributed by atoms with Crippen LogP contribution in [0.5, 0.6) is 5.75 Å². The Morgan fingerprint density at radius 1 is 1.28 bits per heavy atom. The van der Waals surface area contributed by atoms with E-state index >= 15 is 0 Å². The SMILES string of the molecule is COc1ccc2[nH]cc(C3(CNC(=O)c4cccc(F)c4)CC3)c2c1. The smallest absolute Gasteiger partial charge is 0.251 e. The molecule has 2 aromatic carbocycles. The molecule has 1 aromatic heterocycles. The number of nitrogens with one attached hydrogen (secondary N) is 2. The first-order chi connectivity index (χ1) is 12.1. The van der Waals surface area contributed by atoms with Gasteiger partial charge in [-0.2, -0.15) is 0 Å². The molecule has 4 rings (SSSR count). The van der Waals surface area contributed by atoms with Crippen molar-refractivity contribution in [1.82, 2.24) is 10.3 Å². The van der Waals surface area contributed by atoms with Crippen molar-refractivity contribution in [2.24, 2.45) is 0 Å². The summed E-state index contributed by atoms with van der Waals surface area (Å²) >= 11 is 0. The van der Waals surface area contributed by atoms with Crippen molar-refractivity contribution >= 4 is 16.8 Å². The molecular weight excluding hydrogens is 319 g/mol. The van der Waals surface area contributed by atoms with Crippen molar-refractivity contribution < 1.29 is 13.9 Å². The van der Waals surface area contributed by atoms with Gasteiger partial charge in [0.15, 0.2) is 0 Å². The van der Waals surface area contributed by atoms with Gasteiger partial charge in [0, 0.05) is 34.6 Å². The highest BCUT2D eigenvalue weighted by molar-refractivity contribution is 5.94. The van der Waals surface area contributed by atoms with Crippen molar-refractivity contribution in [3.05, 3.63) is 65.6 Å². The second-order valence-corrected chi connectivity index (χ2v) is 6.59. The first-order valence-electron chi connectivity index (χ1n) is 8.31. The maximum Gasteiger partial charge on any atom is 0.251 e. The number of aromatic nitrogens is 1. The quantitative estimate of drug-likeness (QED) is 0.744. The predicted octanol–water partition coefficient (Wildman–Crippen LogP) is 3.78. The fourth-order valence-electron chi connectivity index (χ4n) is 3.34. The van der Waals surface area contributed by atoms with Gasteiger partial charge in [-0.1, -0.05) is 6.07 Å². The molecule has 1 amide bonds. The molecule has 3 aromatic rings. The van der Waals surface area contributed by atoms with E-state index < -0.39 is 5.82 Å². The van der Waals surface area contributed by atoms with E-state index in [4.69, 9.17) is 4.74 Å². The van der Waals surface area contributed by atoms with Crippen LogP contribution in [-0.2, 0) is 5.41 Å². The van der Waals surface area contributed by atoms with E-state index in [0.29, 0.717) is 12.1 Å². The van der Waals surface area contributed by atoms with Crippen LogP contribution in [0, 0.1) is 5.82 Å². The number of methoxy groups -OCH3 is 1. The van der Waals surface area contributed by atoms with Crippen LogP contribution in [0.25, 0.3) is 10.9 Å². The van der Waals surface area contributed by atoms with Crippen LogP contribution < -0.4 is 10.1 Å². The summed E-state index contributed by atoms with van der Waals surface area (Å²) in [5.74, 6) is 0.161. The van der Waals surface area contributed by atoms with Crippen LogP contribution in [-0.4, -0.2) is 24.5 Å². The molecule has 1 saturated carbocycles. The molecule has 0 saturated heterocycles. The Bertz CT molecular complexity index is 944. The summed E-state index contributed by atoms with van der Waals surface area (Å²) in [7, 11) is 1.65. The molecule has 0 aliphatic heterocycles. The van der Waals surface area contributed by atoms with E-state index in [9.17, 15) is 9.18 Å². The standard InChI is InChI=1S/C20H19FN2O2/c1-25-15-5-6-18-16(10-15)17(11-22-18)20(7-8-20)12-23-19(24)13-3-2-4-14(21)9-13/h2-6,9-11,22H,7-8,12H2,1H3,(H,23,24). The third-order valence-electron chi connectivity index (χ3n) is 4.99. The van der Waals surface area contributed by atoms with E-state index in [1.165, 1.54) is 17.7 Å². The number of benzene rings is 2. The van der Waals surface area contributed by atoms with Gasteiger partial charge in [0.05, 0.1) is 7.11 Å². The largest absolute Gasteiger partial charge is 0.497 e. The van der Waals surface area contributed by atoms with Crippen molar-refractivity contribution in [3.8, 4) is 5.75 Å². The maximum absolute atomic E-state index is 13.3. The predicted molar refractivity (Wildman–Crippen MR) is 94.5 cm³/mol. The maximum atomic E-state index is 13.3. The molecule has 25 heavy (non-hydrogen) atoms. The lowest BCUT2D eigenvalue weighted by Gasteiger charge is -2.16. The second kappa shape index (κ2) is 5.92. The first kappa shape index (κ1) is 15.7. The zero-order chi connectivity index (χ0) is 17.4. The van der Waals surface area contributed by atoms with Gasteiger partial charge in [-0.3, -0.25) is 4.79 Å². The molecule has 1 heterocycles. The summed E-state index contributed by atoms with van der Waals surface area (Å²) < 4.78 is 18.6. The van der Waals surface area contributed by atoms with Gasteiger partial charge in [0.2, 0.25) is 0 Å². The van der Waals surface area contributed by atoms with Gasteiger partial charge < -0.3 is 15.0 Å². The second-order valence-electron chi connectivity index (χ2n) is 6.59. The highest BCUT2D eigenvalue weighted by atomic mass is 19.1. The fraction of sp³-hybridized carbons (Fsp3) is 0.250. The van der Waals surface area contributed by atoms with E-state index in [-0.39, 0.29) is 11.3 Å². The molecule has 0 unspecified atom stereocenters. The molecule has 0 radical (unpaired) electrons. The summed E-state index contributed by atoms with van der Waals surface area (Å²) in [5, 5.41) is 4.08.